The number of hydrogen-bond donors (Lipinski definition) is 1. The third kappa shape index (κ3) is 2.23. The van der Waals surface area contributed by atoms with Crippen LogP contribution in [0.15, 0.2) is 42.5 Å². The fraction of sp³-hybridized carbons (Fsp3) is 0.176. The standard InChI is InChI=1S/C17H14O3/c18-16(12-5-7-13(8-6-12)17(19)20)15-9-4-11-2-1-3-14(11)10-15/h4-10H,1-3H2,(H,19,20). The molecule has 3 rings (SSSR count). The quantitative estimate of drug-likeness (QED) is 0.868. The molecule has 0 heterocycles. The van der Waals surface area contributed by atoms with E-state index in [2.05, 4.69) is 0 Å². The zero-order chi connectivity index (χ0) is 14.1. The van der Waals surface area contributed by atoms with Crippen LogP contribution in [0.3, 0.4) is 0 Å². The van der Waals surface area contributed by atoms with Crippen molar-refractivity contribution in [2.45, 2.75) is 19.3 Å². The van der Waals surface area contributed by atoms with Crippen molar-refractivity contribution >= 4 is 11.8 Å². The van der Waals surface area contributed by atoms with Gasteiger partial charge in [0.1, 0.15) is 0 Å². The monoisotopic (exact) mass is 266 g/mol. The lowest BCUT2D eigenvalue weighted by Gasteiger charge is -2.05. The molecule has 0 spiro atoms. The molecule has 2 aromatic rings. The Bertz CT molecular complexity index is 684. The molecule has 0 aromatic heterocycles. The van der Waals surface area contributed by atoms with Crippen LogP contribution >= 0.6 is 0 Å². The van der Waals surface area contributed by atoms with Crippen molar-refractivity contribution in [2.24, 2.45) is 0 Å². The lowest BCUT2D eigenvalue weighted by atomic mass is 9.98. The second kappa shape index (κ2) is 4.93. The number of aromatic carboxylic acids is 1. The number of fused-ring (bicyclic) bond motifs is 1. The first-order valence-corrected chi connectivity index (χ1v) is 6.65. The van der Waals surface area contributed by atoms with Gasteiger partial charge in [-0.25, -0.2) is 4.79 Å². The summed E-state index contributed by atoms with van der Waals surface area (Å²) in [6, 6.07) is 11.9. The number of ketones is 1. The molecular weight excluding hydrogens is 252 g/mol. The van der Waals surface area contributed by atoms with E-state index in [4.69, 9.17) is 5.11 Å². The fourth-order valence-corrected chi connectivity index (χ4v) is 2.64. The van der Waals surface area contributed by atoms with E-state index in [0.29, 0.717) is 11.1 Å². The van der Waals surface area contributed by atoms with Gasteiger partial charge in [0, 0.05) is 11.1 Å². The summed E-state index contributed by atoms with van der Waals surface area (Å²) in [6.45, 7) is 0. The summed E-state index contributed by atoms with van der Waals surface area (Å²) in [5.41, 5.74) is 3.98. The molecule has 20 heavy (non-hydrogen) atoms. The molecule has 0 unspecified atom stereocenters. The average molecular weight is 266 g/mol. The Morgan fingerprint density at radius 1 is 0.800 bits per heavy atom. The van der Waals surface area contributed by atoms with Gasteiger partial charge in [-0.1, -0.05) is 24.3 Å². The molecule has 2 aromatic carbocycles. The summed E-state index contributed by atoms with van der Waals surface area (Å²) in [5.74, 6) is -1.04. The molecule has 0 saturated heterocycles. The van der Waals surface area contributed by atoms with Crippen molar-refractivity contribution < 1.29 is 14.7 Å². The van der Waals surface area contributed by atoms with Crippen LogP contribution in [-0.2, 0) is 12.8 Å². The van der Waals surface area contributed by atoms with Gasteiger partial charge in [-0.05, 0) is 48.6 Å². The minimum atomic E-state index is -0.985. The maximum atomic E-state index is 12.4. The molecule has 1 N–H and O–H groups in total. The van der Waals surface area contributed by atoms with Gasteiger partial charge in [-0.15, -0.1) is 0 Å². The van der Waals surface area contributed by atoms with Crippen LogP contribution in [0.2, 0.25) is 0 Å². The molecule has 1 aliphatic carbocycles. The van der Waals surface area contributed by atoms with Crippen LogP contribution in [0, 0.1) is 0 Å². The Morgan fingerprint density at radius 3 is 2.10 bits per heavy atom. The zero-order valence-electron chi connectivity index (χ0n) is 10.9. The minimum absolute atomic E-state index is 0.0587. The van der Waals surface area contributed by atoms with Crippen molar-refractivity contribution in [1.29, 1.82) is 0 Å². The van der Waals surface area contributed by atoms with Crippen LogP contribution in [0.5, 0.6) is 0 Å². The average Bonchev–Trinajstić information content (AvgIpc) is 2.94. The van der Waals surface area contributed by atoms with Gasteiger partial charge in [-0.2, -0.15) is 0 Å². The lowest BCUT2D eigenvalue weighted by molar-refractivity contribution is 0.0696. The first kappa shape index (κ1) is 12.6. The number of carboxylic acid groups (broad SMARTS) is 1. The highest BCUT2D eigenvalue weighted by molar-refractivity contribution is 6.09. The van der Waals surface area contributed by atoms with Gasteiger partial charge >= 0.3 is 5.97 Å². The Kier molecular flexibility index (Phi) is 3.11. The summed E-state index contributed by atoms with van der Waals surface area (Å²) in [4.78, 5) is 23.2. The van der Waals surface area contributed by atoms with Crippen LogP contribution in [0.25, 0.3) is 0 Å². The van der Waals surface area contributed by atoms with E-state index in [-0.39, 0.29) is 11.3 Å². The molecule has 0 fully saturated rings. The number of rotatable bonds is 3. The molecular formula is C17H14O3. The van der Waals surface area contributed by atoms with Gasteiger partial charge in [0.25, 0.3) is 0 Å². The van der Waals surface area contributed by atoms with Crippen molar-refractivity contribution in [3.8, 4) is 0 Å². The number of carbonyl (C=O) groups excluding carboxylic acids is 1. The van der Waals surface area contributed by atoms with E-state index >= 15 is 0 Å². The Balaban J connectivity index is 1.90. The molecule has 100 valence electrons. The molecule has 0 aliphatic heterocycles. The predicted molar refractivity (Wildman–Crippen MR) is 75.3 cm³/mol. The summed E-state index contributed by atoms with van der Waals surface area (Å²) in [7, 11) is 0. The number of carbonyl (C=O) groups is 2. The van der Waals surface area contributed by atoms with Gasteiger partial charge in [-0.3, -0.25) is 4.79 Å². The molecule has 1 aliphatic rings. The minimum Gasteiger partial charge on any atom is -0.478 e. The first-order valence-electron chi connectivity index (χ1n) is 6.65. The molecule has 0 radical (unpaired) electrons. The first-order chi connectivity index (χ1) is 9.65. The van der Waals surface area contributed by atoms with Gasteiger partial charge in [0.05, 0.1) is 5.56 Å². The predicted octanol–water partition coefficient (Wildman–Crippen LogP) is 3.10. The number of benzene rings is 2. The Hall–Kier alpha value is -2.42. The fourth-order valence-electron chi connectivity index (χ4n) is 2.64. The second-order valence-corrected chi connectivity index (χ2v) is 5.05. The zero-order valence-corrected chi connectivity index (χ0v) is 10.9. The van der Waals surface area contributed by atoms with Crippen LogP contribution < -0.4 is 0 Å². The van der Waals surface area contributed by atoms with Gasteiger partial charge in [0.15, 0.2) is 5.78 Å². The maximum Gasteiger partial charge on any atom is 0.335 e. The molecule has 0 bridgehead atoms. The highest BCUT2D eigenvalue weighted by Crippen LogP contribution is 2.24. The van der Waals surface area contributed by atoms with E-state index in [1.165, 1.54) is 23.3 Å². The summed E-state index contributed by atoms with van der Waals surface area (Å²) in [5, 5.41) is 8.85. The van der Waals surface area contributed by atoms with E-state index in [9.17, 15) is 9.59 Å². The van der Waals surface area contributed by atoms with Crippen molar-refractivity contribution in [3.05, 3.63) is 70.3 Å². The normalized spacial score (nSPS) is 13.0. The van der Waals surface area contributed by atoms with Crippen LogP contribution in [0.4, 0.5) is 0 Å². The molecule has 0 atom stereocenters. The largest absolute Gasteiger partial charge is 0.478 e. The summed E-state index contributed by atoms with van der Waals surface area (Å²) < 4.78 is 0. The smallest absolute Gasteiger partial charge is 0.335 e. The Morgan fingerprint density at radius 2 is 1.40 bits per heavy atom. The maximum absolute atomic E-state index is 12.4. The van der Waals surface area contributed by atoms with E-state index < -0.39 is 5.97 Å². The second-order valence-electron chi connectivity index (χ2n) is 5.05. The van der Waals surface area contributed by atoms with Crippen LogP contribution in [0.1, 0.15) is 43.8 Å². The highest BCUT2D eigenvalue weighted by atomic mass is 16.4. The van der Waals surface area contributed by atoms with Gasteiger partial charge < -0.3 is 5.11 Å². The van der Waals surface area contributed by atoms with E-state index in [1.54, 1.807) is 12.1 Å². The third-order valence-corrected chi connectivity index (χ3v) is 3.75. The highest BCUT2D eigenvalue weighted by Gasteiger charge is 2.15. The van der Waals surface area contributed by atoms with Crippen molar-refractivity contribution in [1.82, 2.24) is 0 Å². The Labute approximate surface area is 116 Å². The van der Waals surface area contributed by atoms with Crippen molar-refractivity contribution in [3.63, 3.8) is 0 Å². The summed E-state index contributed by atoms with van der Waals surface area (Å²) >= 11 is 0. The SMILES string of the molecule is O=C(O)c1ccc(C(=O)c2ccc3c(c2)CCC3)cc1. The molecule has 0 amide bonds. The molecule has 3 nitrogen and oxygen atoms in total. The molecule has 0 saturated carbocycles. The van der Waals surface area contributed by atoms with E-state index in [1.807, 2.05) is 18.2 Å². The number of hydrogen-bond acceptors (Lipinski definition) is 2. The lowest BCUT2D eigenvalue weighted by Crippen LogP contribution is -2.03. The van der Waals surface area contributed by atoms with Gasteiger partial charge in [0.2, 0.25) is 0 Å². The third-order valence-electron chi connectivity index (χ3n) is 3.75. The van der Waals surface area contributed by atoms with E-state index in [0.717, 1.165) is 19.3 Å². The summed E-state index contributed by atoms with van der Waals surface area (Å²) in [6.07, 6.45) is 3.28. The van der Waals surface area contributed by atoms with Crippen molar-refractivity contribution in [2.75, 3.05) is 0 Å². The number of carboxylic acids is 1. The molecule has 3 heteroatoms. The topological polar surface area (TPSA) is 54.4 Å². The number of aryl methyl sites for hydroxylation is 2. The van der Waals surface area contributed by atoms with Crippen LogP contribution in [-0.4, -0.2) is 16.9 Å².